The average Bonchev–Trinajstić information content (AvgIpc) is 2.22. The van der Waals surface area contributed by atoms with E-state index >= 15 is 0 Å². The second-order valence-corrected chi connectivity index (χ2v) is 4.77. The Balaban J connectivity index is 2.23. The van der Waals surface area contributed by atoms with Gasteiger partial charge in [0, 0.05) is 17.5 Å². The zero-order chi connectivity index (χ0) is 11.8. The Kier molecular flexibility index (Phi) is 5.93. The van der Waals surface area contributed by atoms with E-state index in [1.54, 1.807) is 17.8 Å². The molecule has 0 atom stereocenters. The zero-order valence-electron chi connectivity index (χ0n) is 9.78. The number of nitrogens with zero attached hydrogens (tertiary/aromatic N) is 2. The number of aromatic nitrogens is 2. The van der Waals surface area contributed by atoms with Crippen molar-refractivity contribution in [2.24, 2.45) is 0 Å². The van der Waals surface area contributed by atoms with Gasteiger partial charge < -0.3 is 5.73 Å². The number of hydrogen-bond acceptors (Lipinski definition) is 4. The van der Waals surface area contributed by atoms with Gasteiger partial charge in [-0.25, -0.2) is 9.97 Å². The van der Waals surface area contributed by atoms with Crippen molar-refractivity contribution in [2.75, 3.05) is 11.5 Å². The summed E-state index contributed by atoms with van der Waals surface area (Å²) in [6.07, 6.45) is 6.73. The van der Waals surface area contributed by atoms with E-state index in [1.807, 2.05) is 13.0 Å². The summed E-state index contributed by atoms with van der Waals surface area (Å²) in [5, 5.41) is 0.793. The third-order valence-corrected chi connectivity index (χ3v) is 3.07. The lowest BCUT2D eigenvalue weighted by atomic mass is 10.2. The largest absolute Gasteiger partial charge is 0.384 e. The first kappa shape index (κ1) is 13.0. The molecule has 0 bridgehead atoms. The summed E-state index contributed by atoms with van der Waals surface area (Å²) < 4.78 is 0. The van der Waals surface area contributed by atoms with Crippen LogP contribution in [-0.2, 0) is 0 Å². The zero-order valence-corrected chi connectivity index (χ0v) is 10.6. The first-order valence-electron chi connectivity index (χ1n) is 5.57. The molecule has 3 nitrogen and oxygen atoms in total. The van der Waals surface area contributed by atoms with Crippen LogP contribution in [0.25, 0.3) is 0 Å². The van der Waals surface area contributed by atoms with Crippen LogP contribution in [0.3, 0.4) is 0 Å². The second-order valence-electron chi connectivity index (χ2n) is 3.70. The molecular formula is C12H19N3S. The van der Waals surface area contributed by atoms with Crippen molar-refractivity contribution < 1.29 is 0 Å². The molecule has 0 aliphatic rings. The predicted octanol–water partition coefficient (Wildman–Crippen LogP) is 3.21. The smallest absolute Gasteiger partial charge is 0.189 e. The number of rotatable bonds is 7. The van der Waals surface area contributed by atoms with Gasteiger partial charge in [-0.05, 0) is 26.2 Å². The van der Waals surface area contributed by atoms with Crippen molar-refractivity contribution in [1.82, 2.24) is 9.97 Å². The molecule has 1 rings (SSSR count). The van der Waals surface area contributed by atoms with E-state index in [9.17, 15) is 0 Å². The molecule has 0 aromatic carbocycles. The highest BCUT2D eigenvalue weighted by Crippen LogP contribution is 2.17. The van der Waals surface area contributed by atoms with Gasteiger partial charge in [0.15, 0.2) is 5.16 Å². The molecule has 0 radical (unpaired) electrons. The lowest BCUT2D eigenvalue weighted by molar-refractivity contribution is 0.734. The lowest BCUT2D eigenvalue weighted by Gasteiger charge is -2.02. The molecular weight excluding hydrogens is 218 g/mol. The van der Waals surface area contributed by atoms with E-state index in [2.05, 4.69) is 16.5 Å². The quantitative estimate of drug-likeness (QED) is 0.342. The maximum absolute atomic E-state index is 5.65. The average molecular weight is 237 g/mol. The highest BCUT2D eigenvalue weighted by Gasteiger charge is 2.00. The molecule has 88 valence electrons. The number of aryl methyl sites for hydroxylation is 1. The van der Waals surface area contributed by atoms with Crippen LogP contribution in [-0.4, -0.2) is 15.7 Å². The Morgan fingerprint density at radius 1 is 1.38 bits per heavy atom. The molecule has 0 saturated heterocycles. The number of hydrogen-bond donors (Lipinski definition) is 1. The molecule has 0 aliphatic carbocycles. The first-order chi connectivity index (χ1) is 7.72. The first-order valence-corrected chi connectivity index (χ1v) is 6.56. The van der Waals surface area contributed by atoms with Gasteiger partial charge in [0.05, 0.1) is 0 Å². The van der Waals surface area contributed by atoms with Crippen molar-refractivity contribution in [3.8, 4) is 0 Å². The minimum absolute atomic E-state index is 0.557. The van der Waals surface area contributed by atoms with E-state index in [0.29, 0.717) is 5.82 Å². The van der Waals surface area contributed by atoms with E-state index in [4.69, 9.17) is 5.73 Å². The molecule has 1 heterocycles. The van der Waals surface area contributed by atoms with Gasteiger partial charge in [0.25, 0.3) is 0 Å². The normalized spacial score (nSPS) is 10.3. The van der Waals surface area contributed by atoms with Gasteiger partial charge in [-0.15, -0.1) is 6.58 Å². The molecule has 0 unspecified atom stereocenters. The van der Waals surface area contributed by atoms with Crippen LogP contribution in [0.15, 0.2) is 23.9 Å². The second kappa shape index (κ2) is 7.28. The number of nitrogen functional groups attached to an aromatic ring is 1. The SMILES string of the molecule is C=CCCCCCSc1nc(C)cc(N)n1. The van der Waals surface area contributed by atoms with Gasteiger partial charge in [0.1, 0.15) is 5.82 Å². The highest BCUT2D eigenvalue weighted by molar-refractivity contribution is 7.99. The Labute approximate surface area is 102 Å². The predicted molar refractivity (Wildman–Crippen MR) is 70.6 cm³/mol. The van der Waals surface area contributed by atoms with Gasteiger partial charge >= 0.3 is 0 Å². The van der Waals surface area contributed by atoms with Crippen molar-refractivity contribution >= 4 is 17.6 Å². The van der Waals surface area contributed by atoms with Gasteiger partial charge in [-0.1, -0.05) is 24.3 Å². The third kappa shape index (κ3) is 5.16. The van der Waals surface area contributed by atoms with Crippen LogP contribution in [0, 0.1) is 6.92 Å². The van der Waals surface area contributed by atoms with Gasteiger partial charge in [-0.2, -0.15) is 0 Å². The van der Waals surface area contributed by atoms with Crippen LogP contribution >= 0.6 is 11.8 Å². The van der Waals surface area contributed by atoms with E-state index in [-0.39, 0.29) is 0 Å². The maximum atomic E-state index is 5.65. The Morgan fingerprint density at radius 3 is 2.88 bits per heavy atom. The van der Waals surface area contributed by atoms with Crippen molar-refractivity contribution in [3.63, 3.8) is 0 Å². The summed E-state index contributed by atoms with van der Waals surface area (Å²) in [5.41, 5.74) is 6.59. The summed E-state index contributed by atoms with van der Waals surface area (Å²) >= 11 is 1.68. The van der Waals surface area contributed by atoms with Gasteiger partial charge in [0.2, 0.25) is 0 Å². The molecule has 1 aromatic rings. The fourth-order valence-corrected chi connectivity index (χ4v) is 2.27. The Hall–Kier alpha value is -1.03. The number of nitrogens with two attached hydrogens (primary N) is 1. The Morgan fingerprint density at radius 2 is 2.19 bits per heavy atom. The third-order valence-electron chi connectivity index (χ3n) is 2.14. The summed E-state index contributed by atoms with van der Waals surface area (Å²) in [6, 6.07) is 1.79. The van der Waals surface area contributed by atoms with E-state index in [1.165, 1.54) is 19.3 Å². The standard InChI is InChI=1S/C12H19N3S/c1-3-4-5-6-7-8-16-12-14-10(2)9-11(13)15-12/h3,9H,1,4-8H2,2H3,(H2,13,14,15). The molecule has 0 amide bonds. The van der Waals surface area contributed by atoms with Gasteiger partial charge in [-0.3, -0.25) is 0 Å². The van der Waals surface area contributed by atoms with Crippen LogP contribution in [0.5, 0.6) is 0 Å². The van der Waals surface area contributed by atoms with Crippen LogP contribution < -0.4 is 5.73 Å². The highest BCUT2D eigenvalue weighted by atomic mass is 32.2. The summed E-state index contributed by atoms with van der Waals surface area (Å²) in [5.74, 6) is 1.61. The van der Waals surface area contributed by atoms with Crippen LogP contribution in [0.1, 0.15) is 31.4 Å². The number of unbranched alkanes of at least 4 members (excludes halogenated alkanes) is 3. The monoisotopic (exact) mass is 237 g/mol. The minimum Gasteiger partial charge on any atom is -0.384 e. The molecule has 0 saturated carbocycles. The molecule has 16 heavy (non-hydrogen) atoms. The molecule has 0 fully saturated rings. The lowest BCUT2D eigenvalue weighted by Crippen LogP contribution is -1.97. The molecule has 2 N–H and O–H groups in total. The summed E-state index contributed by atoms with van der Waals surface area (Å²) in [6.45, 7) is 5.64. The molecule has 4 heteroatoms. The fraction of sp³-hybridized carbons (Fsp3) is 0.500. The number of allylic oxidation sites excluding steroid dienone is 1. The number of anilines is 1. The molecule has 1 aromatic heterocycles. The fourth-order valence-electron chi connectivity index (χ4n) is 1.36. The molecule has 0 spiro atoms. The Bertz CT molecular complexity index is 319. The van der Waals surface area contributed by atoms with Crippen molar-refractivity contribution in [1.29, 1.82) is 0 Å². The maximum Gasteiger partial charge on any atom is 0.189 e. The van der Waals surface area contributed by atoms with E-state index < -0.39 is 0 Å². The molecule has 0 aliphatic heterocycles. The van der Waals surface area contributed by atoms with Crippen molar-refractivity contribution in [2.45, 2.75) is 37.8 Å². The minimum atomic E-state index is 0.557. The van der Waals surface area contributed by atoms with Crippen LogP contribution in [0.2, 0.25) is 0 Å². The topological polar surface area (TPSA) is 51.8 Å². The summed E-state index contributed by atoms with van der Waals surface area (Å²) in [4.78, 5) is 8.51. The van der Waals surface area contributed by atoms with Crippen LogP contribution in [0.4, 0.5) is 5.82 Å². The van der Waals surface area contributed by atoms with E-state index in [0.717, 1.165) is 23.0 Å². The number of thioether (sulfide) groups is 1. The van der Waals surface area contributed by atoms with Crippen molar-refractivity contribution in [3.05, 3.63) is 24.4 Å². The summed E-state index contributed by atoms with van der Waals surface area (Å²) in [7, 11) is 0.